The number of nitrogens with two attached hydrogens (primary N) is 1. The van der Waals surface area contributed by atoms with E-state index in [-0.39, 0.29) is 17.0 Å². The van der Waals surface area contributed by atoms with Gasteiger partial charge in [0.2, 0.25) is 0 Å². The van der Waals surface area contributed by atoms with E-state index in [1.54, 1.807) is 29.4 Å². The number of nitrogens with one attached hydrogen (secondary N) is 1. The zero-order valence-corrected chi connectivity index (χ0v) is 15.8. The van der Waals surface area contributed by atoms with Crippen LogP contribution in [0.3, 0.4) is 0 Å². The number of benzene rings is 1. The van der Waals surface area contributed by atoms with Crippen molar-refractivity contribution in [2.24, 2.45) is 12.8 Å². The molecule has 3 N–H and O–H groups in total. The number of fused-ring (bicyclic) bond motifs is 1. The van der Waals surface area contributed by atoms with Gasteiger partial charge in [-0.2, -0.15) is 5.26 Å². The van der Waals surface area contributed by atoms with Gasteiger partial charge in [0.25, 0.3) is 5.56 Å². The van der Waals surface area contributed by atoms with E-state index in [4.69, 9.17) is 5.73 Å². The summed E-state index contributed by atoms with van der Waals surface area (Å²) in [5.41, 5.74) is 8.34. The first-order valence-corrected chi connectivity index (χ1v) is 9.37. The molecule has 8 heteroatoms. The first-order valence-electron chi connectivity index (χ1n) is 9.37. The van der Waals surface area contributed by atoms with Crippen LogP contribution in [0.1, 0.15) is 29.8 Å². The highest BCUT2D eigenvalue weighted by atomic mass is 16.1. The quantitative estimate of drug-likeness (QED) is 0.557. The van der Waals surface area contributed by atoms with Crippen LogP contribution < -0.4 is 11.3 Å². The maximum absolute atomic E-state index is 13.0. The molecule has 1 fully saturated rings. The van der Waals surface area contributed by atoms with Gasteiger partial charge in [-0.1, -0.05) is 12.1 Å². The Hall–Kier alpha value is -3.70. The van der Waals surface area contributed by atoms with Crippen molar-refractivity contribution in [1.29, 1.82) is 5.26 Å². The maximum atomic E-state index is 13.0. The second-order valence-electron chi connectivity index (χ2n) is 7.66. The minimum Gasteiger partial charge on any atom is -0.355 e. The van der Waals surface area contributed by atoms with Gasteiger partial charge in [0.15, 0.2) is 0 Å². The zero-order chi connectivity index (χ0) is 20.2. The molecule has 0 spiro atoms. The Morgan fingerprint density at radius 3 is 2.86 bits per heavy atom. The molecule has 1 aromatic carbocycles. The zero-order valence-electron chi connectivity index (χ0n) is 15.8. The minimum absolute atomic E-state index is 0.109. The van der Waals surface area contributed by atoms with E-state index in [0.29, 0.717) is 16.5 Å². The molecule has 1 saturated carbocycles. The lowest BCUT2D eigenvalue weighted by atomic mass is 9.61. The molecule has 5 rings (SSSR count). The summed E-state index contributed by atoms with van der Waals surface area (Å²) in [5.74, 6) is 0.877. The topological polar surface area (TPSA) is 118 Å². The number of rotatable bonds is 3. The summed E-state index contributed by atoms with van der Waals surface area (Å²) in [5, 5.41) is 18.2. The Bertz CT molecular complexity index is 1330. The van der Waals surface area contributed by atoms with Gasteiger partial charge in [-0.3, -0.25) is 9.36 Å². The van der Waals surface area contributed by atoms with Crippen molar-refractivity contribution in [2.75, 3.05) is 0 Å². The van der Waals surface area contributed by atoms with Gasteiger partial charge >= 0.3 is 0 Å². The van der Waals surface area contributed by atoms with Crippen LogP contribution in [0.2, 0.25) is 0 Å². The highest BCUT2D eigenvalue weighted by molar-refractivity contribution is 5.84. The molecule has 0 unspecified atom stereocenters. The van der Waals surface area contributed by atoms with Crippen molar-refractivity contribution >= 4 is 10.9 Å². The molecule has 0 atom stereocenters. The van der Waals surface area contributed by atoms with E-state index in [1.807, 2.05) is 29.8 Å². The Balaban J connectivity index is 1.65. The third kappa shape index (κ3) is 2.45. The Kier molecular flexibility index (Phi) is 3.69. The summed E-state index contributed by atoms with van der Waals surface area (Å²) in [6.07, 6.45) is 6.52. The molecule has 144 valence electrons. The number of nitriles is 1. The Morgan fingerprint density at radius 1 is 1.34 bits per heavy atom. The molecule has 29 heavy (non-hydrogen) atoms. The fourth-order valence-corrected chi connectivity index (χ4v) is 4.47. The normalized spacial score (nSPS) is 21.1. The lowest BCUT2D eigenvalue weighted by Gasteiger charge is -2.45. The van der Waals surface area contributed by atoms with Gasteiger partial charge in [-0.15, -0.1) is 10.2 Å². The second kappa shape index (κ2) is 6.15. The highest BCUT2D eigenvalue weighted by Crippen LogP contribution is 2.47. The summed E-state index contributed by atoms with van der Waals surface area (Å²) < 4.78 is 3.52. The van der Waals surface area contributed by atoms with Crippen molar-refractivity contribution < 1.29 is 0 Å². The first kappa shape index (κ1) is 17.4. The van der Waals surface area contributed by atoms with E-state index < -0.39 is 0 Å². The molecule has 0 amide bonds. The van der Waals surface area contributed by atoms with Crippen molar-refractivity contribution in [1.82, 2.24) is 24.3 Å². The lowest BCUT2D eigenvalue weighted by Crippen LogP contribution is -2.51. The van der Waals surface area contributed by atoms with Gasteiger partial charge in [0.1, 0.15) is 23.7 Å². The summed E-state index contributed by atoms with van der Waals surface area (Å²) in [7, 11) is 1.93. The molecule has 1 aliphatic rings. The van der Waals surface area contributed by atoms with Crippen LogP contribution in [0.15, 0.2) is 53.8 Å². The fraction of sp³-hybridized carbons (Fsp3) is 0.238. The summed E-state index contributed by atoms with van der Waals surface area (Å²) in [6, 6.07) is 11.9. The molecule has 1 aliphatic carbocycles. The molecule has 3 heterocycles. The van der Waals surface area contributed by atoms with Gasteiger partial charge < -0.3 is 15.3 Å². The molecule has 0 bridgehead atoms. The summed E-state index contributed by atoms with van der Waals surface area (Å²) in [6.45, 7) is 0. The lowest BCUT2D eigenvalue weighted by molar-refractivity contribution is 0.234. The van der Waals surface area contributed by atoms with Crippen LogP contribution in [0, 0.1) is 11.3 Å². The van der Waals surface area contributed by atoms with E-state index >= 15 is 0 Å². The third-order valence-electron chi connectivity index (χ3n) is 5.90. The van der Waals surface area contributed by atoms with Crippen molar-refractivity contribution in [3.05, 3.63) is 76.4 Å². The number of aromatic nitrogens is 5. The number of pyridine rings is 1. The molecule has 0 radical (unpaired) electrons. The van der Waals surface area contributed by atoms with Crippen LogP contribution in [-0.2, 0) is 12.5 Å². The smallest absolute Gasteiger partial charge is 0.279 e. The monoisotopic (exact) mass is 385 g/mol. The van der Waals surface area contributed by atoms with Gasteiger partial charge in [0, 0.05) is 36.6 Å². The SMILES string of the molecule is Cn1cnnc1[C@]1(c2cccc(-n3ccc4c(C#N)c[nH]c4c3=O)c2)C[C@@H](N)C1. The van der Waals surface area contributed by atoms with Crippen molar-refractivity contribution in [2.45, 2.75) is 24.3 Å². The van der Waals surface area contributed by atoms with Gasteiger partial charge in [-0.25, -0.2) is 0 Å². The minimum atomic E-state index is -0.311. The predicted molar refractivity (Wildman–Crippen MR) is 108 cm³/mol. The molecular weight excluding hydrogens is 366 g/mol. The predicted octanol–water partition coefficient (Wildman–Crippen LogP) is 1.73. The van der Waals surface area contributed by atoms with Crippen LogP contribution in [0.25, 0.3) is 16.6 Å². The molecule has 3 aromatic heterocycles. The average Bonchev–Trinajstić information content (AvgIpc) is 3.32. The molecule has 0 saturated heterocycles. The second-order valence-corrected chi connectivity index (χ2v) is 7.66. The first-order chi connectivity index (χ1) is 14.0. The number of H-pyrrole nitrogens is 1. The molecular formula is C21H19N7O. The molecule has 8 nitrogen and oxygen atoms in total. The van der Waals surface area contributed by atoms with E-state index in [1.165, 1.54) is 0 Å². The van der Waals surface area contributed by atoms with Crippen LogP contribution in [-0.4, -0.2) is 30.4 Å². The van der Waals surface area contributed by atoms with Crippen LogP contribution in [0.5, 0.6) is 0 Å². The van der Waals surface area contributed by atoms with Crippen molar-refractivity contribution in [3.8, 4) is 11.8 Å². The summed E-state index contributed by atoms with van der Waals surface area (Å²) >= 11 is 0. The number of aromatic amines is 1. The number of hydrogen-bond acceptors (Lipinski definition) is 5. The maximum Gasteiger partial charge on any atom is 0.279 e. The average molecular weight is 385 g/mol. The standard InChI is InChI=1S/C21H19N7O/c1-27-12-25-26-20(27)21(8-15(23)9-21)14-3-2-4-16(7-14)28-6-5-17-13(10-22)11-24-18(17)19(28)29/h2-7,11-12,15,24H,8-9,23H2,1H3/t15-,21-. The van der Waals surface area contributed by atoms with Gasteiger partial charge in [0.05, 0.1) is 11.0 Å². The number of aryl methyl sites for hydroxylation is 1. The number of hydrogen-bond donors (Lipinski definition) is 2. The van der Waals surface area contributed by atoms with E-state index in [9.17, 15) is 10.1 Å². The summed E-state index contributed by atoms with van der Waals surface area (Å²) in [4.78, 5) is 15.9. The number of nitrogens with zero attached hydrogens (tertiary/aromatic N) is 5. The molecule has 4 aromatic rings. The fourth-order valence-electron chi connectivity index (χ4n) is 4.47. The Morgan fingerprint density at radius 2 is 2.17 bits per heavy atom. The van der Waals surface area contributed by atoms with Gasteiger partial charge in [-0.05, 0) is 36.6 Å². The van der Waals surface area contributed by atoms with Crippen LogP contribution >= 0.6 is 0 Å². The van der Waals surface area contributed by atoms with Crippen LogP contribution in [0.4, 0.5) is 0 Å². The Labute approximate surface area is 166 Å². The molecule has 0 aliphatic heterocycles. The van der Waals surface area contributed by atoms with E-state index in [2.05, 4.69) is 27.3 Å². The highest BCUT2D eigenvalue weighted by Gasteiger charge is 2.48. The van der Waals surface area contributed by atoms with Crippen molar-refractivity contribution in [3.63, 3.8) is 0 Å². The van der Waals surface area contributed by atoms with E-state index in [0.717, 1.165) is 29.9 Å². The largest absolute Gasteiger partial charge is 0.355 e. The third-order valence-corrected chi connectivity index (χ3v) is 5.90.